The summed E-state index contributed by atoms with van der Waals surface area (Å²) in [5.41, 5.74) is 2.22. The summed E-state index contributed by atoms with van der Waals surface area (Å²) in [7, 11) is 4.14. The molecule has 1 fully saturated rings. The molecule has 1 aliphatic rings. The van der Waals surface area contributed by atoms with Crippen LogP contribution in [0.1, 0.15) is 30.5 Å². The number of nitrogens with zero attached hydrogens (tertiary/aromatic N) is 3. The van der Waals surface area contributed by atoms with Crippen molar-refractivity contribution in [3.63, 3.8) is 0 Å². The van der Waals surface area contributed by atoms with Crippen LogP contribution in [0.15, 0.2) is 0 Å². The summed E-state index contributed by atoms with van der Waals surface area (Å²) in [6.45, 7) is 3.15. The molecule has 90 valence electrons. The van der Waals surface area contributed by atoms with Gasteiger partial charge in [-0.2, -0.15) is 5.10 Å². The average Bonchev–Trinajstić information content (AvgIpc) is 2.46. The van der Waals surface area contributed by atoms with E-state index in [2.05, 4.69) is 17.0 Å². The number of anilines is 1. The first-order valence-corrected chi connectivity index (χ1v) is 6.46. The fourth-order valence-corrected chi connectivity index (χ4v) is 2.79. The van der Waals surface area contributed by atoms with Crippen molar-refractivity contribution in [2.24, 2.45) is 13.0 Å². The third-order valence-electron chi connectivity index (χ3n) is 3.57. The van der Waals surface area contributed by atoms with Gasteiger partial charge in [-0.25, -0.2) is 0 Å². The van der Waals surface area contributed by atoms with E-state index in [1.54, 1.807) is 0 Å². The highest BCUT2D eigenvalue weighted by atomic mass is 35.5. The first-order valence-electron chi connectivity index (χ1n) is 5.93. The van der Waals surface area contributed by atoms with Gasteiger partial charge >= 0.3 is 0 Å². The normalized spacial score (nSPS) is 16.2. The van der Waals surface area contributed by atoms with E-state index >= 15 is 0 Å². The van der Waals surface area contributed by atoms with Gasteiger partial charge in [-0.05, 0) is 25.7 Å². The van der Waals surface area contributed by atoms with Crippen molar-refractivity contribution in [2.45, 2.75) is 32.1 Å². The van der Waals surface area contributed by atoms with Crippen molar-refractivity contribution >= 4 is 17.4 Å². The van der Waals surface area contributed by atoms with Gasteiger partial charge in [0.05, 0.1) is 11.6 Å². The van der Waals surface area contributed by atoms with Crippen molar-refractivity contribution < 1.29 is 0 Å². The second kappa shape index (κ2) is 4.66. The van der Waals surface area contributed by atoms with E-state index in [1.165, 1.54) is 30.6 Å². The monoisotopic (exact) mass is 241 g/mol. The molecule has 0 N–H and O–H groups in total. The van der Waals surface area contributed by atoms with Crippen molar-refractivity contribution in [3.05, 3.63) is 11.3 Å². The number of aryl methyl sites for hydroxylation is 2. The van der Waals surface area contributed by atoms with Gasteiger partial charge in [-0.1, -0.05) is 6.42 Å². The van der Waals surface area contributed by atoms with E-state index in [-0.39, 0.29) is 0 Å². The van der Waals surface area contributed by atoms with Crippen LogP contribution in [0.4, 0.5) is 5.82 Å². The maximum Gasteiger partial charge on any atom is 0.130 e. The van der Waals surface area contributed by atoms with Gasteiger partial charge in [0, 0.05) is 26.2 Å². The maximum atomic E-state index is 6.00. The fourth-order valence-electron chi connectivity index (χ4n) is 2.47. The molecule has 0 aromatic carbocycles. The molecule has 0 spiro atoms. The van der Waals surface area contributed by atoms with Crippen LogP contribution in [0.25, 0.3) is 0 Å². The third kappa shape index (κ3) is 2.05. The largest absolute Gasteiger partial charge is 0.359 e. The van der Waals surface area contributed by atoms with Gasteiger partial charge in [0.1, 0.15) is 5.82 Å². The highest BCUT2D eigenvalue weighted by Crippen LogP contribution is 2.30. The molecule has 1 heterocycles. The van der Waals surface area contributed by atoms with Crippen LogP contribution in [0.3, 0.4) is 0 Å². The van der Waals surface area contributed by atoms with Crippen molar-refractivity contribution in [1.82, 2.24) is 9.78 Å². The molecule has 1 saturated carbocycles. The van der Waals surface area contributed by atoms with E-state index in [4.69, 9.17) is 11.6 Å². The topological polar surface area (TPSA) is 21.1 Å². The zero-order valence-electron chi connectivity index (χ0n) is 10.3. The molecule has 0 radical (unpaired) electrons. The summed E-state index contributed by atoms with van der Waals surface area (Å²) in [5.74, 6) is 2.59. The summed E-state index contributed by atoms with van der Waals surface area (Å²) in [5, 5.41) is 4.44. The summed E-state index contributed by atoms with van der Waals surface area (Å²) in [4.78, 5) is 2.31. The Labute approximate surface area is 102 Å². The van der Waals surface area contributed by atoms with Crippen LogP contribution in [-0.2, 0) is 12.9 Å². The fraction of sp³-hybridized carbons (Fsp3) is 0.750. The van der Waals surface area contributed by atoms with E-state index in [9.17, 15) is 0 Å². The van der Waals surface area contributed by atoms with E-state index < -0.39 is 0 Å². The molecule has 4 heteroatoms. The standard InChI is InChI=1S/C12H20ClN3/c1-9-11(7-13)12(16(3)14-9)15(2)8-10-5-4-6-10/h10H,4-8H2,1-3H3. The predicted molar refractivity (Wildman–Crippen MR) is 68.1 cm³/mol. The Morgan fingerprint density at radius 1 is 1.50 bits per heavy atom. The van der Waals surface area contributed by atoms with E-state index in [0.29, 0.717) is 5.88 Å². The Bertz CT molecular complexity index is 369. The zero-order valence-corrected chi connectivity index (χ0v) is 11.1. The van der Waals surface area contributed by atoms with Crippen LogP contribution in [0.2, 0.25) is 0 Å². The lowest BCUT2D eigenvalue weighted by Gasteiger charge is -2.31. The minimum Gasteiger partial charge on any atom is -0.359 e. The quantitative estimate of drug-likeness (QED) is 0.756. The van der Waals surface area contributed by atoms with Crippen molar-refractivity contribution in [3.8, 4) is 0 Å². The first kappa shape index (κ1) is 11.8. The third-order valence-corrected chi connectivity index (χ3v) is 3.83. The second-order valence-corrected chi connectivity index (χ2v) is 5.09. The number of halogens is 1. The lowest BCUT2D eigenvalue weighted by atomic mass is 9.85. The molecule has 1 aromatic rings. The minimum absolute atomic E-state index is 0.546. The SMILES string of the molecule is Cc1nn(C)c(N(C)CC2CCC2)c1CCl. The van der Waals surface area contributed by atoms with Gasteiger partial charge in [0.25, 0.3) is 0 Å². The smallest absolute Gasteiger partial charge is 0.130 e. The van der Waals surface area contributed by atoms with Gasteiger partial charge in [-0.15, -0.1) is 11.6 Å². The molecule has 3 nitrogen and oxygen atoms in total. The molecule has 2 rings (SSSR count). The minimum atomic E-state index is 0.546. The summed E-state index contributed by atoms with van der Waals surface area (Å²) < 4.78 is 1.95. The molecule has 0 amide bonds. The summed E-state index contributed by atoms with van der Waals surface area (Å²) in [6, 6.07) is 0. The highest BCUT2D eigenvalue weighted by Gasteiger charge is 2.22. The molecule has 16 heavy (non-hydrogen) atoms. The Morgan fingerprint density at radius 2 is 2.19 bits per heavy atom. The number of alkyl halides is 1. The molecule has 0 aliphatic heterocycles. The molecule has 1 aliphatic carbocycles. The lowest BCUT2D eigenvalue weighted by Crippen LogP contribution is -2.31. The second-order valence-electron chi connectivity index (χ2n) is 4.82. The number of rotatable bonds is 4. The Morgan fingerprint density at radius 3 is 2.69 bits per heavy atom. The first-order chi connectivity index (χ1) is 7.63. The van der Waals surface area contributed by atoms with Crippen LogP contribution in [0, 0.1) is 12.8 Å². The number of aromatic nitrogens is 2. The van der Waals surface area contributed by atoms with Gasteiger partial charge in [-0.3, -0.25) is 4.68 Å². The van der Waals surface area contributed by atoms with Gasteiger partial charge in [0.2, 0.25) is 0 Å². The van der Waals surface area contributed by atoms with Gasteiger partial charge < -0.3 is 4.90 Å². The Hall–Kier alpha value is -0.700. The average molecular weight is 242 g/mol. The van der Waals surface area contributed by atoms with Crippen LogP contribution < -0.4 is 4.90 Å². The van der Waals surface area contributed by atoms with Crippen molar-refractivity contribution in [1.29, 1.82) is 0 Å². The lowest BCUT2D eigenvalue weighted by molar-refractivity contribution is 0.320. The number of hydrogen-bond acceptors (Lipinski definition) is 2. The molecule has 0 saturated heterocycles. The van der Waals surface area contributed by atoms with Crippen LogP contribution in [-0.4, -0.2) is 23.4 Å². The predicted octanol–water partition coefficient (Wildman–Crippen LogP) is 2.70. The Balaban J connectivity index is 2.16. The molecule has 0 atom stereocenters. The molecule has 0 bridgehead atoms. The summed E-state index contributed by atoms with van der Waals surface area (Å²) in [6.07, 6.45) is 4.14. The van der Waals surface area contributed by atoms with E-state index in [1.807, 2.05) is 18.7 Å². The number of hydrogen-bond donors (Lipinski definition) is 0. The Kier molecular flexibility index (Phi) is 3.43. The van der Waals surface area contributed by atoms with Crippen LogP contribution >= 0.6 is 11.6 Å². The maximum absolute atomic E-state index is 6.00. The highest BCUT2D eigenvalue weighted by molar-refractivity contribution is 6.17. The molecule has 1 aromatic heterocycles. The molecular weight excluding hydrogens is 222 g/mol. The molecule has 0 unspecified atom stereocenters. The van der Waals surface area contributed by atoms with Crippen LogP contribution in [0.5, 0.6) is 0 Å². The zero-order chi connectivity index (χ0) is 11.7. The van der Waals surface area contributed by atoms with E-state index in [0.717, 1.165) is 18.2 Å². The molecular formula is C12H20ClN3. The summed E-state index contributed by atoms with van der Waals surface area (Å²) >= 11 is 6.00. The van der Waals surface area contributed by atoms with Crippen molar-refractivity contribution in [2.75, 3.05) is 18.5 Å². The van der Waals surface area contributed by atoms with Gasteiger partial charge in [0.15, 0.2) is 0 Å².